The molecule has 0 rings (SSSR count). The van der Waals surface area contributed by atoms with E-state index in [2.05, 4.69) is 0 Å². The van der Waals surface area contributed by atoms with Crippen LogP contribution in [-0.2, 0) is 0 Å². The molecule has 0 aliphatic rings. The first-order valence-electron chi connectivity index (χ1n) is 3.99. The molecule has 0 bridgehead atoms. The molecule has 0 aliphatic heterocycles. The number of likely N-dealkylation sites (N-methyl/N-ethyl adjacent to an activating group) is 1. The minimum atomic E-state index is -2.22. The van der Waals surface area contributed by atoms with Gasteiger partial charge in [-0.05, 0) is 6.98 Å². The van der Waals surface area contributed by atoms with Gasteiger partial charge < -0.3 is 15.1 Å². The lowest BCUT2D eigenvalue weighted by Crippen LogP contribution is -2.25. The van der Waals surface area contributed by atoms with Crippen LogP contribution in [0.25, 0.3) is 0 Å². The van der Waals surface area contributed by atoms with Gasteiger partial charge in [-0.15, -0.1) is 12.4 Å². The van der Waals surface area contributed by atoms with Crippen molar-refractivity contribution in [2.24, 2.45) is 0 Å². The Morgan fingerprint density at radius 2 is 1.78 bits per heavy atom. The first-order chi connectivity index (χ1) is 5.02. The molecule has 0 spiro atoms. The van der Waals surface area contributed by atoms with E-state index in [9.17, 15) is 0 Å². The summed E-state index contributed by atoms with van der Waals surface area (Å²) in [7, 11) is 0. The minimum Gasteiger partial charge on any atom is -0.395 e. The second kappa shape index (κ2) is 8.17. The smallest absolute Gasteiger partial charge is 0.0558 e. The van der Waals surface area contributed by atoms with Crippen molar-refractivity contribution in [2.45, 2.75) is 0 Å². The van der Waals surface area contributed by atoms with Crippen LogP contribution in [0, 0.1) is 0 Å². The summed E-state index contributed by atoms with van der Waals surface area (Å²) >= 11 is 0. The Kier molecular flexibility index (Phi) is 5.37. The molecule has 0 radical (unpaired) electrons. The maximum Gasteiger partial charge on any atom is 0.0558 e. The zero-order chi connectivity index (χ0) is 8.91. The fourth-order valence-corrected chi connectivity index (χ4v) is 0.353. The SMILES string of the molecule is Cl.[2H]C([2H])([2H])N(CCO)CCO. The normalized spacial score (nSPS) is 15.7. The third kappa shape index (κ3) is 8.17. The first kappa shape index (κ1) is 5.92. The number of nitrogens with zero attached hydrogens (tertiary/aromatic N) is 1. The van der Waals surface area contributed by atoms with Crippen LogP contribution < -0.4 is 0 Å². The predicted octanol–water partition coefficient (Wildman–Crippen LogP) is -0.675. The van der Waals surface area contributed by atoms with E-state index in [0.29, 0.717) is 0 Å². The number of rotatable bonds is 4. The van der Waals surface area contributed by atoms with Crippen LogP contribution in [0.2, 0.25) is 0 Å². The van der Waals surface area contributed by atoms with Crippen molar-refractivity contribution in [1.29, 1.82) is 0 Å². The molecule has 0 fully saturated rings. The lowest BCUT2D eigenvalue weighted by atomic mass is 10.5. The van der Waals surface area contributed by atoms with Gasteiger partial charge in [-0.25, -0.2) is 0 Å². The summed E-state index contributed by atoms with van der Waals surface area (Å²) < 4.78 is 20.8. The van der Waals surface area contributed by atoms with Crippen LogP contribution in [-0.4, -0.2) is 48.4 Å². The van der Waals surface area contributed by atoms with Crippen molar-refractivity contribution in [1.82, 2.24) is 4.90 Å². The number of hydrogen-bond donors (Lipinski definition) is 2. The summed E-state index contributed by atoms with van der Waals surface area (Å²) in [6.45, 7) is -2.50. The Hall–Kier alpha value is 0.170. The molecule has 0 aromatic rings. The molecule has 0 aromatic carbocycles. The Balaban J connectivity index is 0. The zero-order valence-electron chi connectivity index (χ0n) is 8.08. The number of aliphatic hydroxyl groups is 2. The first-order valence-corrected chi connectivity index (χ1v) is 2.49. The highest BCUT2D eigenvalue weighted by molar-refractivity contribution is 5.85. The summed E-state index contributed by atoms with van der Waals surface area (Å²) in [5, 5.41) is 16.9. The van der Waals surface area contributed by atoms with Gasteiger partial charge in [0.2, 0.25) is 0 Å². The van der Waals surface area contributed by atoms with Crippen LogP contribution in [0.3, 0.4) is 0 Å². The van der Waals surface area contributed by atoms with Crippen LogP contribution in [0.1, 0.15) is 4.11 Å². The van der Waals surface area contributed by atoms with Crippen molar-refractivity contribution in [3.63, 3.8) is 0 Å². The maximum absolute atomic E-state index is 8.45. The molecule has 0 unspecified atom stereocenters. The summed E-state index contributed by atoms with van der Waals surface area (Å²) in [5.41, 5.74) is 0. The van der Waals surface area contributed by atoms with E-state index < -0.39 is 6.98 Å². The molecule has 0 aromatic heterocycles. The van der Waals surface area contributed by atoms with Gasteiger partial charge in [0.05, 0.1) is 13.2 Å². The van der Waals surface area contributed by atoms with E-state index in [-0.39, 0.29) is 38.7 Å². The molecular weight excluding hydrogens is 142 g/mol. The lowest BCUT2D eigenvalue weighted by Gasteiger charge is -2.11. The number of hydrogen-bond acceptors (Lipinski definition) is 3. The highest BCUT2D eigenvalue weighted by atomic mass is 35.5. The fourth-order valence-electron chi connectivity index (χ4n) is 0.353. The van der Waals surface area contributed by atoms with Crippen molar-refractivity contribution < 1.29 is 14.3 Å². The molecule has 0 saturated heterocycles. The van der Waals surface area contributed by atoms with Crippen LogP contribution in [0.15, 0.2) is 0 Å². The van der Waals surface area contributed by atoms with Gasteiger partial charge in [0, 0.05) is 17.2 Å². The Labute approximate surface area is 65.9 Å². The van der Waals surface area contributed by atoms with Gasteiger partial charge in [0.15, 0.2) is 0 Å². The second-order valence-corrected chi connectivity index (χ2v) is 1.43. The van der Waals surface area contributed by atoms with E-state index in [0.717, 1.165) is 4.90 Å². The maximum atomic E-state index is 8.45. The van der Waals surface area contributed by atoms with Crippen molar-refractivity contribution >= 4 is 12.4 Å². The molecule has 0 heterocycles. The molecule has 0 saturated carbocycles. The van der Waals surface area contributed by atoms with Crippen LogP contribution >= 0.6 is 12.4 Å². The summed E-state index contributed by atoms with van der Waals surface area (Å²) in [6.07, 6.45) is 0. The summed E-state index contributed by atoms with van der Waals surface area (Å²) in [4.78, 5) is 1.05. The fraction of sp³-hybridized carbons (Fsp3) is 1.00. The third-order valence-corrected chi connectivity index (χ3v) is 0.740. The van der Waals surface area contributed by atoms with E-state index in [1.54, 1.807) is 0 Å². The van der Waals surface area contributed by atoms with Crippen molar-refractivity contribution in [3.8, 4) is 0 Å². The summed E-state index contributed by atoms with van der Waals surface area (Å²) in [5.74, 6) is 0. The minimum absolute atomic E-state index is 0. The van der Waals surface area contributed by atoms with Gasteiger partial charge in [-0.2, -0.15) is 0 Å². The molecule has 4 heteroatoms. The highest BCUT2D eigenvalue weighted by Gasteiger charge is 1.91. The van der Waals surface area contributed by atoms with E-state index >= 15 is 0 Å². The lowest BCUT2D eigenvalue weighted by molar-refractivity contribution is 0.184. The summed E-state index contributed by atoms with van der Waals surface area (Å²) in [6, 6.07) is 0. The van der Waals surface area contributed by atoms with Gasteiger partial charge >= 0.3 is 0 Å². The highest BCUT2D eigenvalue weighted by Crippen LogP contribution is 1.76. The zero-order valence-corrected chi connectivity index (χ0v) is 5.89. The second-order valence-electron chi connectivity index (χ2n) is 1.43. The molecule has 3 nitrogen and oxygen atoms in total. The van der Waals surface area contributed by atoms with Crippen molar-refractivity contribution in [3.05, 3.63) is 0 Å². The van der Waals surface area contributed by atoms with Gasteiger partial charge in [0.25, 0.3) is 0 Å². The average molecular weight is 159 g/mol. The Morgan fingerprint density at radius 3 is 2.00 bits per heavy atom. The van der Waals surface area contributed by atoms with Crippen LogP contribution in [0.5, 0.6) is 0 Å². The Bertz CT molecular complexity index is 105. The molecule has 2 N–H and O–H groups in total. The molecule has 58 valence electrons. The number of halogens is 1. The Morgan fingerprint density at radius 1 is 1.33 bits per heavy atom. The molecule has 0 atom stereocenters. The van der Waals surface area contributed by atoms with E-state index in [4.69, 9.17) is 14.3 Å². The van der Waals surface area contributed by atoms with Crippen LogP contribution in [0.4, 0.5) is 0 Å². The predicted molar refractivity (Wildman–Crippen MR) is 38.9 cm³/mol. The number of aliphatic hydroxyl groups excluding tert-OH is 2. The van der Waals surface area contributed by atoms with Gasteiger partial charge in [0.1, 0.15) is 0 Å². The largest absolute Gasteiger partial charge is 0.395 e. The van der Waals surface area contributed by atoms with Crippen molar-refractivity contribution in [2.75, 3.05) is 33.3 Å². The monoisotopic (exact) mass is 158 g/mol. The average Bonchev–Trinajstić information content (AvgIpc) is 1.85. The van der Waals surface area contributed by atoms with Gasteiger partial charge in [-0.1, -0.05) is 0 Å². The third-order valence-electron chi connectivity index (χ3n) is 0.740. The molecular formula is C5H14ClNO2. The standard InChI is InChI=1S/C5H13NO2.ClH/c1-6(2-4-7)3-5-8;/h7-8H,2-5H2,1H3;1H/i1D3;. The molecule has 9 heavy (non-hydrogen) atoms. The van der Waals surface area contributed by atoms with E-state index in [1.165, 1.54) is 0 Å². The quantitative estimate of drug-likeness (QED) is 0.570. The van der Waals surface area contributed by atoms with E-state index in [1.807, 2.05) is 0 Å². The topological polar surface area (TPSA) is 43.7 Å². The molecule has 0 amide bonds. The van der Waals surface area contributed by atoms with Gasteiger partial charge in [-0.3, -0.25) is 0 Å². The molecule has 0 aliphatic carbocycles.